The van der Waals surface area contributed by atoms with Gasteiger partial charge in [0.25, 0.3) is 0 Å². The highest BCUT2D eigenvalue weighted by atomic mass is 16.6. The topological polar surface area (TPSA) is 80.4 Å². The maximum atomic E-state index is 12.1. The van der Waals surface area contributed by atoms with Gasteiger partial charge in [-0.15, -0.1) is 0 Å². The Labute approximate surface area is 136 Å². The first kappa shape index (κ1) is 16.8. The molecule has 23 heavy (non-hydrogen) atoms. The molecule has 0 N–H and O–H groups in total. The van der Waals surface area contributed by atoms with Gasteiger partial charge in [-0.05, 0) is 18.6 Å². The van der Waals surface area contributed by atoms with Crippen LogP contribution in [0.25, 0.3) is 0 Å². The van der Waals surface area contributed by atoms with Crippen LogP contribution >= 0.6 is 0 Å². The van der Waals surface area contributed by atoms with E-state index in [2.05, 4.69) is 17.0 Å². The minimum atomic E-state index is -0.336. The van der Waals surface area contributed by atoms with Crippen molar-refractivity contribution in [2.24, 2.45) is 5.92 Å². The normalized spacial score (nSPS) is 16.2. The standard InChI is InChI=1S/C17H20N4O2/c18-8-4-5-15(13-19)14-20-9-11-21(12-10-20)17(22)23-16-6-2-1-3-7-16/h1-3,6-7,15H,4-5,9-12,14H2. The molecule has 1 unspecified atom stereocenters. The molecule has 1 aromatic rings. The minimum Gasteiger partial charge on any atom is -0.410 e. The molecular weight excluding hydrogens is 292 g/mol. The van der Waals surface area contributed by atoms with E-state index in [1.54, 1.807) is 17.0 Å². The van der Waals surface area contributed by atoms with Crippen LogP contribution in [0, 0.1) is 28.6 Å². The average molecular weight is 312 g/mol. The smallest absolute Gasteiger partial charge is 0.410 e. The van der Waals surface area contributed by atoms with Gasteiger partial charge in [0, 0.05) is 39.1 Å². The van der Waals surface area contributed by atoms with E-state index in [9.17, 15) is 4.79 Å². The van der Waals surface area contributed by atoms with Crippen molar-refractivity contribution >= 4 is 6.09 Å². The van der Waals surface area contributed by atoms with Gasteiger partial charge in [-0.1, -0.05) is 18.2 Å². The molecule has 1 aromatic carbocycles. The molecule has 1 aliphatic rings. The van der Waals surface area contributed by atoms with E-state index in [0.29, 0.717) is 51.3 Å². The number of para-hydroxylation sites is 1. The van der Waals surface area contributed by atoms with Crippen molar-refractivity contribution < 1.29 is 9.53 Å². The van der Waals surface area contributed by atoms with Crippen molar-refractivity contribution in [2.75, 3.05) is 32.7 Å². The maximum Gasteiger partial charge on any atom is 0.415 e. The number of nitriles is 2. The van der Waals surface area contributed by atoms with Crippen LogP contribution in [-0.2, 0) is 0 Å². The van der Waals surface area contributed by atoms with Crippen LogP contribution in [-0.4, -0.2) is 48.6 Å². The largest absolute Gasteiger partial charge is 0.415 e. The maximum absolute atomic E-state index is 12.1. The number of ether oxygens (including phenoxy) is 1. The molecule has 0 radical (unpaired) electrons. The van der Waals surface area contributed by atoms with Gasteiger partial charge in [-0.25, -0.2) is 4.79 Å². The third-order valence-corrected chi connectivity index (χ3v) is 3.84. The van der Waals surface area contributed by atoms with Gasteiger partial charge in [-0.3, -0.25) is 4.90 Å². The summed E-state index contributed by atoms with van der Waals surface area (Å²) >= 11 is 0. The Kier molecular flexibility index (Phi) is 6.40. The molecule has 1 atom stereocenters. The van der Waals surface area contributed by atoms with Crippen LogP contribution in [0.1, 0.15) is 12.8 Å². The monoisotopic (exact) mass is 312 g/mol. The summed E-state index contributed by atoms with van der Waals surface area (Å²) in [5.74, 6) is 0.415. The van der Waals surface area contributed by atoms with E-state index in [1.807, 2.05) is 18.2 Å². The average Bonchev–Trinajstić information content (AvgIpc) is 2.60. The molecule has 1 aliphatic heterocycles. The van der Waals surface area contributed by atoms with Gasteiger partial charge >= 0.3 is 6.09 Å². The number of hydrogen-bond acceptors (Lipinski definition) is 5. The molecule has 6 nitrogen and oxygen atoms in total. The van der Waals surface area contributed by atoms with E-state index < -0.39 is 0 Å². The number of hydrogen-bond donors (Lipinski definition) is 0. The van der Waals surface area contributed by atoms with Crippen molar-refractivity contribution in [1.82, 2.24) is 9.80 Å². The van der Waals surface area contributed by atoms with Crippen molar-refractivity contribution in [3.63, 3.8) is 0 Å². The van der Waals surface area contributed by atoms with Crippen molar-refractivity contribution in [2.45, 2.75) is 12.8 Å². The van der Waals surface area contributed by atoms with Gasteiger partial charge < -0.3 is 9.64 Å². The molecule has 0 aliphatic carbocycles. The zero-order valence-corrected chi connectivity index (χ0v) is 13.0. The zero-order chi connectivity index (χ0) is 16.5. The highest BCUT2D eigenvalue weighted by molar-refractivity contribution is 5.70. The fourth-order valence-electron chi connectivity index (χ4n) is 2.51. The van der Waals surface area contributed by atoms with Gasteiger partial charge in [0.15, 0.2) is 0 Å². The van der Waals surface area contributed by atoms with Gasteiger partial charge in [0.2, 0.25) is 0 Å². The molecule has 0 aromatic heterocycles. The van der Waals surface area contributed by atoms with E-state index in [4.69, 9.17) is 15.3 Å². The van der Waals surface area contributed by atoms with Gasteiger partial charge in [0.05, 0.1) is 18.1 Å². The lowest BCUT2D eigenvalue weighted by molar-refractivity contribution is 0.106. The molecule has 1 heterocycles. The van der Waals surface area contributed by atoms with Crippen LogP contribution < -0.4 is 4.74 Å². The summed E-state index contributed by atoms with van der Waals surface area (Å²) in [4.78, 5) is 15.9. The van der Waals surface area contributed by atoms with E-state index >= 15 is 0 Å². The molecule has 0 bridgehead atoms. The number of nitrogens with zero attached hydrogens (tertiary/aromatic N) is 4. The Morgan fingerprint density at radius 3 is 2.48 bits per heavy atom. The Hall–Kier alpha value is -2.57. The van der Waals surface area contributed by atoms with Gasteiger partial charge in [-0.2, -0.15) is 10.5 Å². The Balaban J connectivity index is 1.76. The first-order chi connectivity index (χ1) is 11.2. The zero-order valence-electron chi connectivity index (χ0n) is 13.0. The molecule has 2 rings (SSSR count). The molecule has 0 spiro atoms. The second kappa shape index (κ2) is 8.77. The fourth-order valence-corrected chi connectivity index (χ4v) is 2.51. The molecule has 120 valence electrons. The Morgan fingerprint density at radius 2 is 1.87 bits per heavy atom. The number of piperazine rings is 1. The van der Waals surface area contributed by atoms with Crippen LogP contribution in [0.5, 0.6) is 5.75 Å². The highest BCUT2D eigenvalue weighted by Crippen LogP contribution is 2.13. The van der Waals surface area contributed by atoms with Crippen molar-refractivity contribution in [1.29, 1.82) is 10.5 Å². The van der Waals surface area contributed by atoms with Gasteiger partial charge in [0.1, 0.15) is 5.75 Å². The third kappa shape index (κ3) is 5.28. The lowest BCUT2D eigenvalue weighted by Crippen LogP contribution is -2.50. The first-order valence-corrected chi connectivity index (χ1v) is 7.73. The minimum absolute atomic E-state index is 0.127. The second-order valence-corrected chi connectivity index (χ2v) is 5.49. The molecule has 6 heteroatoms. The number of amides is 1. The van der Waals surface area contributed by atoms with Crippen molar-refractivity contribution in [3.05, 3.63) is 30.3 Å². The quantitative estimate of drug-likeness (QED) is 0.833. The molecule has 1 saturated heterocycles. The number of carbonyl (C=O) groups is 1. The summed E-state index contributed by atoms with van der Waals surface area (Å²) in [7, 11) is 0. The molecule has 0 saturated carbocycles. The van der Waals surface area contributed by atoms with E-state index in [-0.39, 0.29) is 12.0 Å². The number of rotatable bonds is 5. The molecule has 1 amide bonds. The predicted octanol–water partition coefficient (Wildman–Crippen LogP) is 2.25. The lowest BCUT2D eigenvalue weighted by atomic mass is 10.0. The molecular formula is C17H20N4O2. The number of carbonyl (C=O) groups excluding carboxylic acids is 1. The van der Waals surface area contributed by atoms with Crippen LogP contribution in [0.15, 0.2) is 30.3 Å². The van der Waals surface area contributed by atoms with Crippen LogP contribution in [0.3, 0.4) is 0 Å². The fraction of sp³-hybridized carbons (Fsp3) is 0.471. The second-order valence-electron chi connectivity index (χ2n) is 5.49. The van der Waals surface area contributed by atoms with E-state index in [0.717, 1.165) is 0 Å². The SMILES string of the molecule is N#CCCC(C#N)CN1CCN(C(=O)Oc2ccccc2)CC1. The third-order valence-electron chi connectivity index (χ3n) is 3.84. The Bertz CT molecular complexity index is 583. The van der Waals surface area contributed by atoms with Crippen molar-refractivity contribution in [3.8, 4) is 17.9 Å². The summed E-state index contributed by atoms with van der Waals surface area (Å²) in [5.41, 5.74) is 0. The Morgan fingerprint density at radius 1 is 1.17 bits per heavy atom. The lowest BCUT2D eigenvalue weighted by Gasteiger charge is -2.34. The summed E-state index contributed by atoms with van der Waals surface area (Å²) in [5, 5.41) is 17.7. The van der Waals surface area contributed by atoms with Crippen LogP contribution in [0.4, 0.5) is 4.79 Å². The summed E-state index contributed by atoms with van der Waals surface area (Å²) < 4.78 is 5.32. The summed E-state index contributed by atoms with van der Waals surface area (Å²) in [6.45, 7) is 3.26. The molecule has 1 fully saturated rings. The van der Waals surface area contributed by atoms with Crippen LogP contribution in [0.2, 0.25) is 0 Å². The predicted molar refractivity (Wildman–Crippen MR) is 84.4 cm³/mol. The summed E-state index contributed by atoms with van der Waals surface area (Å²) in [6.07, 6.45) is 0.669. The number of benzene rings is 1. The first-order valence-electron chi connectivity index (χ1n) is 7.73. The summed E-state index contributed by atoms with van der Waals surface area (Å²) in [6, 6.07) is 13.3. The highest BCUT2D eigenvalue weighted by Gasteiger charge is 2.24. The van der Waals surface area contributed by atoms with E-state index in [1.165, 1.54) is 0 Å².